The summed E-state index contributed by atoms with van der Waals surface area (Å²) >= 11 is 1.73. The van der Waals surface area contributed by atoms with Gasteiger partial charge in [0.2, 0.25) is 0 Å². The van der Waals surface area contributed by atoms with Gasteiger partial charge in [0.1, 0.15) is 0 Å². The zero-order chi connectivity index (χ0) is 21.3. The molecule has 2 fully saturated rings. The van der Waals surface area contributed by atoms with Crippen LogP contribution in [0, 0.1) is 18.8 Å². The van der Waals surface area contributed by atoms with Crippen LogP contribution in [0.3, 0.4) is 0 Å². The third-order valence-corrected chi connectivity index (χ3v) is 7.05. The summed E-state index contributed by atoms with van der Waals surface area (Å²) in [6.07, 6.45) is 6.17. The molecule has 0 bridgehead atoms. The number of aromatic nitrogens is 1. The number of esters is 1. The molecular weight excluding hydrogens is 525 g/mol. The number of aliphatic imine (C=N–C) groups is 1. The van der Waals surface area contributed by atoms with E-state index in [0.29, 0.717) is 18.6 Å². The lowest BCUT2D eigenvalue weighted by atomic mass is 9.86. The Morgan fingerprint density at radius 3 is 2.55 bits per heavy atom. The van der Waals surface area contributed by atoms with Crippen LogP contribution in [0.15, 0.2) is 10.4 Å². The third kappa shape index (κ3) is 8.49. The monoisotopic (exact) mass is 563 g/mol. The van der Waals surface area contributed by atoms with Gasteiger partial charge in [0.15, 0.2) is 5.96 Å². The number of thiazole rings is 1. The van der Waals surface area contributed by atoms with Crippen LogP contribution in [0.5, 0.6) is 0 Å². The smallest absolute Gasteiger partial charge is 0.308 e. The van der Waals surface area contributed by atoms with Crippen molar-refractivity contribution in [1.29, 1.82) is 0 Å². The molecule has 2 aliphatic rings. The Morgan fingerprint density at radius 1 is 1.26 bits per heavy atom. The summed E-state index contributed by atoms with van der Waals surface area (Å²) < 4.78 is 5.16. The molecule has 0 atom stereocenters. The fourth-order valence-corrected chi connectivity index (χ4v) is 5.02. The predicted molar refractivity (Wildman–Crippen MR) is 137 cm³/mol. The minimum Gasteiger partial charge on any atom is -0.466 e. The van der Waals surface area contributed by atoms with Gasteiger partial charge in [0.05, 0.1) is 23.2 Å². The summed E-state index contributed by atoms with van der Waals surface area (Å²) in [6.45, 7) is 8.60. The van der Waals surface area contributed by atoms with E-state index < -0.39 is 0 Å². The van der Waals surface area contributed by atoms with Crippen molar-refractivity contribution in [2.45, 2.75) is 65.0 Å². The highest BCUT2D eigenvalue weighted by Crippen LogP contribution is 2.25. The van der Waals surface area contributed by atoms with Crippen LogP contribution in [0.2, 0.25) is 0 Å². The van der Waals surface area contributed by atoms with Gasteiger partial charge in [-0.1, -0.05) is 0 Å². The lowest BCUT2D eigenvalue weighted by molar-refractivity contribution is -0.149. The second-order valence-corrected chi connectivity index (χ2v) is 9.54. The van der Waals surface area contributed by atoms with Crippen LogP contribution in [-0.4, -0.2) is 61.1 Å². The van der Waals surface area contributed by atoms with Crippen molar-refractivity contribution < 1.29 is 9.53 Å². The number of piperidine rings is 1. The molecule has 0 spiro atoms. The molecule has 1 aromatic heterocycles. The Bertz CT molecular complexity index is 698. The molecule has 2 heterocycles. The molecule has 0 amide bonds. The van der Waals surface area contributed by atoms with Crippen molar-refractivity contribution in [1.82, 2.24) is 20.5 Å². The number of nitrogens with zero attached hydrogens (tertiary/aromatic N) is 3. The second kappa shape index (κ2) is 13.6. The Labute approximate surface area is 207 Å². The van der Waals surface area contributed by atoms with Crippen molar-refractivity contribution in [3.63, 3.8) is 0 Å². The van der Waals surface area contributed by atoms with Gasteiger partial charge in [0.25, 0.3) is 0 Å². The minimum atomic E-state index is -0.0327. The minimum absolute atomic E-state index is 0. The molecule has 1 saturated carbocycles. The van der Waals surface area contributed by atoms with E-state index in [-0.39, 0.29) is 35.9 Å². The number of carbonyl (C=O) groups excluding carboxylic acids is 1. The first-order valence-corrected chi connectivity index (χ1v) is 12.2. The quantitative estimate of drug-likeness (QED) is 0.229. The number of guanidine groups is 1. The summed E-state index contributed by atoms with van der Waals surface area (Å²) in [5, 5.41) is 10.4. The molecule has 9 heteroatoms. The maximum Gasteiger partial charge on any atom is 0.308 e. The van der Waals surface area contributed by atoms with Crippen LogP contribution in [0.4, 0.5) is 0 Å². The van der Waals surface area contributed by atoms with Crippen LogP contribution in [0.25, 0.3) is 0 Å². The first kappa shape index (κ1) is 26.3. The lowest BCUT2D eigenvalue weighted by Gasteiger charge is -2.32. The van der Waals surface area contributed by atoms with Gasteiger partial charge in [-0.05, 0) is 71.4 Å². The van der Waals surface area contributed by atoms with Crippen molar-refractivity contribution >= 4 is 47.2 Å². The highest BCUT2D eigenvalue weighted by molar-refractivity contribution is 14.0. The predicted octanol–water partition coefficient (Wildman–Crippen LogP) is 3.57. The summed E-state index contributed by atoms with van der Waals surface area (Å²) in [5.41, 5.74) is 1.20. The van der Waals surface area contributed by atoms with Crippen LogP contribution >= 0.6 is 35.3 Å². The highest BCUT2D eigenvalue weighted by Gasteiger charge is 2.28. The van der Waals surface area contributed by atoms with Gasteiger partial charge in [-0.15, -0.1) is 35.3 Å². The molecule has 1 aromatic rings. The van der Waals surface area contributed by atoms with Gasteiger partial charge in [-0.2, -0.15) is 0 Å². The zero-order valence-corrected chi connectivity index (χ0v) is 22.2. The van der Waals surface area contributed by atoms with Crippen LogP contribution < -0.4 is 10.6 Å². The van der Waals surface area contributed by atoms with Crippen molar-refractivity contribution in [3.8, 4) is 0 Å². The summed E-state index contributed by atoms with van der Waals surface area (Å²) in [5.74, 6) is 1.59. The molecule has 3 rings (SSSR count). The number of rotatable bonds is 7. The average Bonchev–Trinajstić information content (AvgIpc) is 3.17. The topological polar surface area (TPSA) is 78.8 Å². The van der Waals surface area contributed by atoms with Gasteiger partial charge in [-0.25, -0.2) is 4.98 Å². The highest BCUT2D eigenvalue weighted by atomic mass is 127. The largest absolute Gasteiger partial charge is 0.466 e. The SMILES string of the molecule is CCOC(=O)C1CCC(NC(=NC)NCC2CCN(Cc3csc(C)n3)CC2)CC1.I. The molecule has 176 valence electrons. The Hall–Kier alpha value is -0.940. The van der Waals surface area contributed by atoms with Crippen molar-refractivity contribution in [2.75, 3.05) is 33.3 Å². The van der Waals surface area contributed by atoms with E-state index in [1.54, 1.807) is 11.3 Å². The molecule has 1 aliphatic heterocycles. The molecule has 0 aromatic carbocycles. The zero-order valence-electron chi connectivity index (χ0n) is 19.1. The van der Waals surface area contributed by atoms with E-state index >= 15 is 0 Å². The van der Waals surface area contributed by atoms with Crippen LogP contribution in [0.1, 0.15) is 56.2 Å². The second-order valence-electron chi connectivity index (χ2n) is 8.48. The Morgan fingerprint density at radius 2 is 1.97 bits per heavy atom. The number of halogens is 1. The molecule has 0 radical (unpaired) electrons. The number of aryl methyl sites for hydroxylation is 1. The standard InChI is InChI=1S/C22H37N5O2S.HI/c1-4-29-21(28)18-5-7-19(8-6-18)26-22(23-3)24-13-17-9-11-27(12-10-17)14-20-15-30-16(2)25-20;/h15,17-19H,4-14H2,1-3H3,(H2,23,24,26);1H. The fraction of sp³-hybridized carbons (Fsp3) is 0.773. The maximum atomic E-state index is 11.9. The van der Waals surface area contributed by atoms with E-state index in [9.17, 15) is 4.79 Å². The van der Waals surface area contributed by atoms with Gasteiger partial charge >= 0.3 is 5.97 Å². The molecule has 7 nitrogen and oxygen atoms in total. The van der Waals surface area contributed by atoms with E-state index in [4.69, 9.17) is 4.74 Å². The van der Waals surface area contributed by atoms with Gasteiger partial charge in [-0.3, -0.25) is 14.7 Å². The van der Waals surface area contributed by atoms with Crippen molar-refractivity contribution in [2.24, 2.45) is 16.8 Å². The first-order valence-electron chi connectivity index (χ1n) is 11.3. The maximum absolute atomic E-state index is 11.9. The van der Waals surface area contributed by atoms with Gasteiger partial charge in [0, 0.05) is 31.6 Å². The number of ether oxygens (including phenoxy) is 1. The van der Waals surface area contributed by atoms with E-state index in [2.05, 4.69) is 37.8 Å². The first-order chi connectivity index (χ1) is 14.6. The average molecular weight is 564 g/mol. The Balaban J connectivity index is 0.00000341. The summed E-state index contributed by atoms with van der Waals surface area (Å²) in [4.78, 5) is 23.4. The molecule has 2 N–H and O–H groups in total. The number of hydrogen-bond donors (Lipinski definition) is 2. The lowest BCUT2D eigenvalue weighted by Crippen LogP contribution is -2.47. The van der Waals surface area contributed by atoms with E-state index in [0.717, 1.165) is 62.8 Å². The number of nitrogens with one attached hydrogen (secondary N) is 2. The van der Waals surface area contributed by atoms with Crippen molar-refractivity contribution in [3.05, 3.63) is 16.1 Å². The normalized spacial score (nSPS) is 23.1. The summed E-state index contributed by atoms with van der Waals surface area (Å²) in [7, 11) is 1.83. The molecule has 1 saturated heterocycles. The van der Waals surface area contributed by atoms with E-state index in [1.807, 2.05) is 14.0 Å². The molecular formula is C22H38IN5O2S. The molecule has 1 aliphatic carbocycles. The van der Waals surface area contributed by atoms with E-state index in [1.165, 1.54) is 18.5 Å². The Kier molecular flexibility index (Phi) is 11.5. The van der Waals surface area contributed by atoms with Crippen LogP contribution in [-0.2, 0) is 16.1 Å². The summed E-state index contributed by atoms with van der Waals surface area (Å²) in [6, 6.07) is 0.380. The number of hydrogen-bond acceptors (Lipinski definition) is 6. The number of likely N-dealkylation sites (tertiary alicyclic amines) is 1. The number of carbonyl (C=O) groups is 1. The third-order valence-electron chi connectivity index (χ3n) is 6.23. The molecule has 0 unspecified atom stereocenters. The van der Waals surface area contributed by atoms with Gasteiger partial charge < -0.3 is 15.4 Å². The molecule has 31 heavy (non-hydrogen) atoms. The fourth-order valence-electron chi connectivity index (χ4n) is 4.42.